The van der Waals surface area contributed by atoms with Crippen LogP contribution in [0.25, 0.3) is 10.8 Å². The first kappa shape index (κ1) is 16.5. The summed E-state index contributed by atoms with van der Waals surface area (Å²) >= 11 is 3.54. The van der Waals surface area contributed by atoms with E-state index in [0.717, 1.165) is 26.4 Å². The van der Waals surface area contributed by atoms with Gasteiger partial charge in [-0.15, -0.1) is 0 Å². The summed E-state index contributed by atoms with van der Waals surface area (Å²) in [5, 5.41) is 2.15. The highest BCUT2D eigenvalue weighted by molar-refractivity contribution is 9.10. The fraction of sp³-hybridized carbons (Fsp3) is 0.150. The lowest BCUT2D eigenvalue weighted by Gasteiger charge is -2.11. The van der Waals surface area contributed by atoms with Gasteiger partial charge in [-0.2, -0.15) is 0 Å². The van der Waals surface area contributed by atoms with Crippen molar-refractivity contribution in [1.29, 1.82) is 0 Å². The van der Waals surface area contributed by atoms with E-state index in [9.17, 15) is 4.79 Å². The third kappa shape index (κ3) is 3.60. The van der Waals surface area contributed by atoms with Crippen LogP contribution in [0, 0.1) is 13.8 Å². The number of hydrogen-bond acceptors (Lipinski definition) is 3. The number of ether oxygens (including phenoxy) is 2. The van der Waals surface area contributed by atoms with E-state index in [4.69, 9.17) is 9.47 Å². The molecule has 0 atom stereocenters. The molecule has 0 aliphatic rings. The molecule has 3 aromatic carbocycles. The van der Waals surface area contributed by atoms with Crippen LogP contribution >= 0.6 is 15.9 Å². The van der Waals surface area contributed by atoms with Gasteiger partial charge in [-0.05, 0) is 63.8 Å². The van der Waals surface area contributed by atoms with Crippen LogP contribution in [0.5, 0.6) is 11.5 Å². The van der Waals surface area contributed by atoms with Gasteiger partial charge >= 0.3 is 5.97 Å². The zero-order chi connectivity index (χ0) is 17.1. The Labute approximate surface area is 149 Å². The van der Waals surface area contributed by atoms with Crippen LogP contribution in [0.4, 0.5) is 0 Å². The van der Waals surface area contributed by atoms with Crippen molar-refractivity contribution in [2.45, 2.75) is 13.8 Å². The molecule has 3 rings (SSSR count). The summed E-state index contributed by atoms with van der Waals surface area (Å²) in [5.74, 6) is 0.761. The van der Waals surface area contributed by atoms with Crippen LogP contribution in [0.1, 0.15) is 11.1 Å². The molecule has 0 radical (unpaired) electrons. The van der Waals surface area contributed by atoms with Gasteiger partial charge in [0.2, 0.25) is 0 Å². The molecule has 0 saturated carbocycles. The molecule has 0 N–H and O–H groups in total. The van der Waals surface area contributed by atoms with Gasteiger partial charge in [0.1, 0.15) is 11.5 Å². The maximum absolute atomic E-state index is 12.1. The van der Waals surface area contributed by atoms with Crippen molar-refractivity contribution in [2.75, 3.05) is 6.61 Å². The number of rotatable bonds is 4. The Morgan fingerprint density at radius 3 is 2.62 bits per heavy atom. The largest absolute Gasteiger partial charge is 0.481 e. The van der Waals surface area contributed by atoms with E-state index in [1.165, 1.54) is 0 Å². The summed E-state index contributed by atoms with van der Waals surface area (Å²) in [7, 11) is 0. The number of esters is 1. The van der Waals surface area contributed by atoms with Gasteiger partial charge in [0.05, 0.1) is 4.47 Å². The molecule has 0 heterocycles. The van der Waals surface area contributed by atoms with Crippen molar-refractivity contribution in [1.82, 2.24) is 0 Å². The van der Waals surface area contributed by atoms with Crippen LogP contribution in [0.15, 0.2) is 59.1 Å². The Hall–Kier alpha value is -2.33. The summed E-state index contributed by atoms with van der Waals surface area (Å²) in [5.41, 5.74) is 1.96. The smallest absolute Gasteiger partial charge is 0.349 e. The number of carbonyl (C=O) groups excluding carboxylic acids is 1. The SMILES string of the molecule is Cc1ccc(C)c(OC(=O)COc2ccc3ccccc3c2Br)c1. The minimum absolute atomic E-state index is 0.148. The standard InChI is InChI=1S/C20H17BrO3/c1-13-7-8-14(2)18(11-13)24-19(22)12-23-17-10-9-15-5-3-4-6-16(15)20(17)21/h3-11H,12H2,1-2H3. The molecule has 24 heavy (non-hydrogen) atoms. The zero-order valence-electron chi connectivity index (χ0n) is 13.5. The van der Waals surface area contributed by atoms with Crippen LogP contribution in [-0.2, 0) is 4.79 Å². The Bertz CT molecular complexity index is 903. The van der Waals surface area contributed by atoms with E-state index in [1.54, 1.807) is 0 Å². The number of fused-ring (bicyclic) bond motifs is 1. The predicted molar refractivity (Wildman–Crippen MR) is 98.7 cm³/mol. The average Bonchev–Trinajstić information content (AvgIpc) is 2.58. The Kier molecular flexibility index (Phi) is 4.86. The minimum Gasteiger partial charge on any atom is -0.481 e. The van der Waals surface area contributed by atoms with E-state index in [-0.39, 0.29) is 6.61 Å². The van der Waals surface area contributed by atoms with Crippen LogP contribution in [0.2, 0.25) is 0 Å². The molecule has 3 aromatic rings. The van der Waals surface area contributed by atoms with Crippen LogP contribution in [0.3, 0.4) is 0 Å². The molecule has 0 aliphatic carbocycles. The second-order valence-electron chi connectivity index (χ2n) is 5.63. The summed E-state index contributed by atoms with van der Waals surface area (Å²) < 4.78 is 11.9. The van der Waals surface area contributed by atoms with Crippen molar-refractivity contribution in [3.05, 3.63) is 70.2 Å². The highest BCUT2D eigenvalue weighted by Crippen LogP contribution is 2.33. The number of carbonyl (C=O) groups is 1. The molecular weight excluding hydrogens is 368 g/mol. The number of halogens is 1. The summed E-state index contributed by atoms with van der Waals surface area (Å²) in [6.07, 6.45) is 0. The topological polar surface area (TPSA) is 35.5 Å². The van der Waals surface area contributed by atoms with Crippen molar-refractivity contribution >= 4 is 32.7 Å². The Balaban J connectivity index is 1.70. The first-order chi connectivity index (χ1) is 11.5. The zero-order valence-corrected chi connectivity index (χ0v) is 15.1. The molecule has 0 spiro atoms. The lowest BCUT2D eigenvalue weighted by molar-refractivity contribution is -0.136. The normalized spacial score (nSPS) is 10.6. The van der Waals surface area contributed by atoms with Gasteiger partial charge in [-0.1, -0.05) is 42.5 Å². The summed E-state index contributed by atoms with van der Waals surface area (Å²) in [4.78, 5) is 12.1. The maximum atomic E-state index is 12.1. The van der Waals surface area contributed by atoms with Gasteiger partial charge in [0, 0.05) is 0 Å². The van der Waals surface area contributed by atoms with E-state index in [0.29, 0.717) is 11.5 Å². The van der Waals surface area contributed by atoms with E-state index < -0.39 is 5.97 Å². The molecule has 0 bridgehead atoms. The minimum atomic E-state index is -0.427. The summed E-state index contributed by atoms with van der Waals surface area (Å²) in [6, 6.07) is 17.5. The molecule has 0 saturated heterocycles. The van der Waals surface area contributed by atoms with Crippen LogP contribution in [-0.4, -0.2) is 12.6 Å². The van der Waals surface area contributed by atoms with E-state index in [1.807, 2.05) is 68.4 Å². The fourth-order valence-electron chi connectivity index (χ4n) is 2.43. The van der Waals surface area contributed by atoms with Gasteiger partial charge in [-0.3, -0.25) is 0 Å². The average molecular weight is 385 g/mol. The van der Waals surface area contributed by atoms with Crippen LogP contribution < -0.4 is 9.47 Å². The van der Waals surface area contributed by atoms with Gasteiger partial charge in [0.15, 0.2) is 6.61 Å². The highest BCUT2D eigenvalue weighted by atomic mass is 79.9. The third-order valence-electron chi connectivity index (χ3n) is 3.74. The second-order valence-corrected chi connectivity index (χ2v) is 6.42. The highest BCUT2D eigenvalue weighted by Gasteiger charge is 2.11. The number of hydrogen-bond donors (Lipinski definition) is 0. The molecule has 0 fully saturated rings. The van der Waals surface area contributed by atoms with E-state index >= 15 is 0 Å². The lowest BCUT2D eigenvalue weighted by Crippen LogP contribution is -2.18. The maximum Gasteiger partial charge on any atom is 0.349 e. The molecule has 0 aromatic heterocycles. The van der Waals surface area contributed by atoms with Gasteiger partial charge in [-0.25, -0.2) is 4.79 Å². The van der Waals surface area contributed by atoms with Crippen molar-refractivity contribution in [2.24, 2.45) is 0 Å². The molecule has 0 amide bonds. The van der Waals surface area contributed by atoms with Crippen molar-refractivity contribution in [3.8, 4) is 11.5 Å². The fourth-order valence-corrected chi connectivity index (χ4v) is 3.04. The predicted octanol–water partition coefficient (Wildman–Crippen LogP) is 5.20. The monoisotopic (exact) mass is 384 g/mol. The van der Waals surface area contributed by atoms with Gasteiger partial charge < -0.3 is 9.47 Å². The summed E-state index contributed by atoms with van der Waals surface area (Å²) in [6.45, 7) is 3.71. The van der Waals surface area contributed by atoms with E-state index in [2.05, 4.69) is 15.9 Å². The number of aryl methyl sites for hydroxylation is 2. The van der Waals surface area contributed by atoms with Gasteiger partial charge in [0.25, 0.3) is 0 Å². The lowest BCUT2D eigenvalue weighted by atomic mass is 10.1. The van der Waals surface area contributed by atoms with Crippen molar-refractivity contribution < 1.29 is 14.3 Å². The molecule has 0 unspecified atom stereocenters. The second kappa shape index (κ2) is 7.05. The quantitative estimate of drug-likeness (QED) is 0.457. The Morgan fingerprint density at radius 1 is 1.00 bits per heavy atom. The first-order valence-electron chi connectivity index (χ1n) is 7.62. The molecule has 122 valence electrons. The number of benzene rings is 3. The van der Waals surface area contributed by atoms with Crippen molar-refractivity contribution in [3.63, 3.8) is 0 Å². The molecule has 3 nitrogen and oxygen atoms in total. The molecule has 0 aliphatic heterocycles. The first-order valence-corrected chi connectivity index (χ1v) is 8.42. The molecule has 4 heteroatoms. The molecular formula is C20H17BrO3. The third-order valence-corrected chi connectivity index (χ3v) is 4.56. The Morgan fingerprint density at radius 2 is 1.79 bits per heavy atom.